The summed E-state index contributed by atoms with van der Waals surface area (Å²) in [6.07, 6.45) is -6.42. The van der Waals surface area contributed by atoms with Gasteiger partial charge < -0.3 is 25.2 Å². The lowest BCUT2D eigenvalue weighted by Gasteiger charge is -2.40. The third-order valence-corrected chi connectivity index (χ3v) is 4.44. The highest BCUT2D eigenvalue weighted by molar-refractivity contribution is 6.10. The van der Waals surface area contributed by atoms with Gasteiger partial charge in [-0.1, -0.05) is 54.6 Å². The van der Waals surface area contributed by atoms with E-state index in [4.69, 9.17) is 4.74 Å². The zero-order chi connectivity index (χ0) is 18.0. The molecule has 2 aromatic carbocycles. The smallest absolute Gasteiger partial charge is 0.193 e. The van der Waals surface area contributed by atoms with Crippen molar-refractivity contribution in [1.82, 2.24) is 0 Å². The molecule has 1 heterocycles. The fraction of sp³-hybridized carbons (Fsp3) is 0.316. The SMILES string of the molecule is O=C(c1ccccc1)c1ccccc1C1O[C@H](CO)[C@@H](O)[C@H](O)[C@H]1O. The molecular weight excluding hydrogens is 324 g/mol. The Hall–Kier alpha value is -2.09. The Labute approximate surface area is 144 Å². The number of hydrogen-bond acceptors (Lipinski definition) is 6. The molecule has 4 N–H and O–H groups in total. The van der Waals surface area contributed by atoms with Gasteiger partial charge in [0.15, 0.2) is 5.78 Å². The quantitative estimate of drug-likeness (QED) is 0.599. The molecule has 1 fully saturated rings. The first-order chi connectivity index (χ1) is 12.0. The number of ketones is 1. The Kier molecular flexibility index (Phi) is 5.27. The van der Waals surface area contributed by atoms with Gasteiger partial charge in [-0.15, -0.1) is 0 Å². The van der Waals surface area contributed by atoms with Crippen molar-refractivity contribution in [1.29, 1.82) is 0 Å². The maximum atomic E-state index is 12.8. The van der Waals surface area contributed by atoms with E-state index in [2.05, 4.69) is 0 Å². The van der Waals surface area contributed by atoms with Gasteiger partial charge in [-0.3, -0.25) is 4.79 Å². The van der Waals surface area contributed by atoms with E-state index in [1.807, 2.05) is 0 Å². The number of aliphatic hydroxyl groups excluding tert-OH is 4. The van der Waals surface area contributed by atoms with Crippen molar-refractivity contribution in [2.45, 2.75) is 30.5 Å². The second kappa shape index (κ2) is 7.43. The summed E-state index contributed by atoms with van der Waals surface area (Å²) in [6, 6.07) is 15.3. The van der Waals surface area contributed by atoms with E-state index in [1.54, 1.807) is 54.6 Å². The van der Waals surface area contributed by atoms with Crippen molar-refractivity contribution < 1.29 is 30.0 Å². The minimum absolute atomic E-state index is 0.242. The van der Waals surface area contributed by atoms with Crippen LogP contribution in [0, 0.1) is 0 Å². The average Bonchev–Trinajstić information content (AvgIpc) is 2.67. The molecular formula is C19H20O6. The standard InChI is InChI=1S/C19H20O6/c20-10-14-16(22)17(23)18(24)19(25-14)13-9-5-4-8-12(13)15(21)11-6-2-1-3-7-11/h1-9,14,16-20,22-24H,10H2/t14-,16-,17+,18-,19?/m1/s1. The molecule has 25 heavy (non-hydrogen) atoms. The van der Waals surface area contributed by atoms with E-state index in [-0.39, 0.29) is 5.78 Å². The highest BCUT2D eigenvalue weighted by Crippen LogP contribution is 2.34. The lowest BCUT2D eigenvalue weighted by molar-refractivity contribution is -0.231. The van der Waals surface area contributed by atoms with E-state index < -0.39 is 37.1 Å². The van der Waals surface area contributed by atoms with Crippen molar-refractivity contribution in [2.75, 3.05) is 6.61 Å². The van der Waals surface area contributed by atoms with Crippen molar-refractivity contribution in [2.24, 2.45) is 0 Å². The van der Waals surface area contributed by atoms with Crippen LogP contribution in [-0.2, 0) is 4.74 Å². The maximum absolute atomic E-state index is 12.8. The molecule has 132 valence electrons. The second-order valence-electron chi connectivity index (χ2n) is 6.03. The molecule has 1 saturated heterocycles. The molecule has 0 amide bonds. The van der Waals surface area contributed by atoms with E-state index in [0.717, 1.165) is 0 Å². The molecule has 5 atom stereocenters. The van der Waals surface area contributed by atoms with Gasteiger partial charge in [0, 0.05) is 11.1 Å². The van der Waals surface area contributed by atoms with Crippen LogP contribution in [-0.4, -0.2) is 57.2 Å². The van der Waals surface area contributed by atoms with Crippen molar-refractivity contribution in [3.8, 4) is 0 Å². The van der Waals surface area contributed by atoms with E-state index in [0.29, 0.717) is 16.7 Å². The van der Waals surface area contributed by atoms with Crippen LogP contribution in [0.2, 0.25) is 0 Å². The number of rotatable bonds is 4. The third kappa shape index (κ3) is 3.35. The zero-order valence-corrected chi connectivity index (χ0v) is 13.4. The Morgan fingerprint density at radius 1 is 0.880 bits per heavy atom. The molecule has 3 rings (SSSR count). The van der Waals surface area contributed by atoms with Gasteiger partial charge >= 0.3 is 0 Å². The molecule has 0 radical (unpaired) electrons. The molecule has 0 aliphatic carbocycles. The fourth-order valence-corrected chi connectivity index (χ4v) is 3.06. The van der Waals surface area contributed by atoms with Crippen LogP contribution in [0.1, 0.15) is 27.6 Å². The third-order valence-electron chi connectivity index (χ3n) is 4.44. The van der Waals surface area contributed by atoms with Crippen LogP contribution in [0.4, 0.5) is 0 Å². The van der Waals surface area contributed by atoms with Crippen LogP contribution in [0.5, 0.6) is 0 Å². The van der Waals surface area contributed by atoms with Gasteiger partial charge in [-0.05, 0) is 5.56 Å². The number of ether oxygens (including phenoxy) is 1. The van der Waals surface area contributed by atoms with Gasteiger partial charge in [-0.25, -0.2) is 0 Å². The minimum atomic E-state index is -1.49. The first-order valence-corrected chi connectivity index (χ1v) is 8.03. The molecule has 1 aliphatic heterocycles. The molecule has 6 nitrogen and oxygen atoms in total. The number of benzene rings is 2. The summed E-state index contributed by atoms with van der Waals surface area (Å²) < 4.78 is 5.58. The minimum Gasteiger partial charge on any atom is -0.394 e. The Bertz CT molecular complexity index is 730. The summed E-state index contributed by atoms with van der Waals surface area (Å²) in [7, 11) is 0. The van der Waals surface area contributed by atoms with Crippen LogP contribution in [0.3, 0.4) is 0 Å². The molecule has 2 aromatic rings. The lowest BCUT2D eigenvalue weighted by Crippen LogP contribution is -2.55. The summed E-state index contributed by atoms with van der Waals surface area (Å²) in [6.45, 7) is -0.518. The predicted octanol–water partition coefficient (Wildman–Crippen LogP) is 0.432. The van der Waals surface area contributed by atoms with Crippen LogP contribution < -0.4 is 0 Å². The monoisotopic (exact) mass is 344 g/mol. The molecule has 0 spiro atoms. The Morgan fingerprint density at radius 3 is 2.20 bits per heavy atom. The maximum Gasteiger partial charge on any atom is 0.193 e. The second-order valence-corrected chi connectivity index (χ2v) is 6.03. The first kappa shape index (κ1) is 17.7. The largest absolute Gasteiger partial charge is 0.394 e. The van der Waals surface area contributed by atoms with Gasteiger partial charge in [0.05, 0.1) is 6.61 Å². The van der Waals surface area contributed by atoms with Crippen LogP contribution in [0.15, 0.2) is 54.6 Å². The van der Waals surface area contributed by atoms with E-state index >= 15 is 0 Å². The first-order valence-electron chi connectivity index (χ1n) is 8.03. The molecule has 0 bridgehead atoms. The van der Waals surface area contributed by atoms with Gasteiger partial charge in [0.25, 0.3) is 0 Å². The molecule has 0 aromatic heterocycles. The zero-order valence-electron chi connectivity index (χ0n) is 13.4. The summed E-state index contributed by atoms with van der Waals surface area (Å²) in [4.78, 5) is 12.8. The average molecular weight is 344 g/mol. The summed E-state index contributed by atoms with van der Waals surface area (Å²) in [5.74, 6) is -0.242. The number of hydrogen-bond donors (Lipinski definition) is 4. The van der Waals surface area contributed by atoms with Gasteiger partial charge in [-0.2, -0.15) is 0 Å². The summed E-state index contributed by atoms with van der Waals surface area (Å²) in [5.41, 5.74) is 1.21. The summed E-state index contributed by atoms with van der Waals surface area (Å²) in [5, 5.41) is 39.6. The van der Waals surface area contributed by atoms with Crippen LogP contribution in [0.25, 0.3) is 0 Å². The molecule has 0 saturated carbocycles. The van der Waals surface area contributed by atoms with E-state index in [9.17, 15) is 25.2 Å². The Balaban J connectivity index is 1.99. The summed E-state index contributed by atoms with van der Waals surface area (Å²) >= 11 is 0. The van der Waals surface area contributed by atoms with Crippen molar-refractivity contribution in [3.63, 3.8) is 0 Å². The van der Waals surface area contributed by atoms with Gasteiger partial charge in [0.1, 0.15) is 30.5 Å². The van der Waals surface area contributed by atoms with Crippen molar-refractivity contribution >= 4 is 5.78 Å². The Morgan fingerprint density at radius 2 is 1.52 bits per heavy atom. The normalized spacial score (nSPS) is 29.4. The predicted molar refractivity (Wildman–Crippen MR) is 89.0 cm³/mol. The van der Waals surface area contributed by atoms with Crippen molar-refractivity contribution in [3.05, 3.63) is 71.3 Å². The van der Waals surface area contributed by atoms with Gasteiger partial charge in [0.2, 0.25) is 0 Å². The highest BCUT2D eigenvalue weighted by Gasteiger charge is 2.44. The topological polar surface area (TPSA) is 107 Å². The fourth-order valence-electron chi connectivity index (χ4n) is 3.06. The number of aliphatic hydroxyl groups is 4. The molecule has 6 heteroatoms. The molecule has 1 unspecified atom stereocenters. The van der Waals surface area contributed by atoms with E-state index in [1.165, 1.54) is 0 Å². The number of carbonyl (C=O) groups excluding carboxylic acids is 1. The highest BCUT2D eigenvalue weighted by atomic mass is 16.5. The number of carbonyl (C=O) groups is 1. The van der Waals surface area contributed by atoms with Crippen LogP contribution >= 0.6 is 0 Å². The molecule has 1 aliphatic rings. The lowest BCUT2D eigenvalue weighted by atomic mass is 9.87.